The van der Waals surface area contributed by atoms with Gasteiger partial charge in [-0.05, 0) is 60.4 Å². The monoisotopic (exact) mass is 494 g/mol. The van der Waals surface area contributed by atoms with Crippen LogP contribution in [0.3, 0.4) is 0 Å². The molecule has 0 spiro atoms. The van der Waals surface area contributed by atoms with Crippen molar-refractivity contribution in [2.45, 2.75) is 25.1 Å². The second-order valence-electron chi connectivity index (χ2n) is 8.88. The molecule has 0 saturated carbocycles. The number of methoxy groups -OCH3 is 1. The predicted octanol–water partition coefficient (Wildman–Crippen LogP) is 5.89. The standard InChI is InChI=1S/C28H25F3N2O3/c1-35-22-13-8-19(9-14-22)26-24-15-10-18-4-2-3-5-23(18)25(24)32-33(26)16-17-36-27(34)20-6-11-21(12-7-20)28(29,30)31/h2-9,11-14,24,26H,10,15-17H2,1H3/t24-,26+/m0/s1. The summed E-state index contributed by atoms with van der Waals surface area (Å²) in [6.07, 6.45) is -2.54. The minimum Gasteiger partial charge on any atom is -0.497 e. The second kappa shape index (κ2) is 9.68. The molecule has 0 aromatic heterocycles. The largest absolute Gasteiger partial charge is 0.497 e. The molecule has 8 heteroatoms. The number of carbonyl (C=O) groups excluding carboxylic acids is 1. The van der Waals surface area contributed by atoms with E-state index in [1.165, 1.54) is 5.56 Å². The van der Waals surface area contributed by atoms with Gasteiger partial charge in [-0.3, -0.25) is 5.01 Å². The zero-order chi connectivity index (χ0) is 25.3. The van der Waals surface area contributed by atoms with Gasteiger partial charge in [0.05, 0.1) is 36.5 Å². The van der Waals surface area contributed by atoms with Crippen molar-refractivity contribution < 1.29 is 27.4 Å². The fraction of sp³-hybridized carbons (Fsp3) is 0.286. The van der Waals surface area contributed by atoms with Crippen LogP contribution in [-0.2, 0) is 17.3 Å². The third-order valence-electron chi connectivity index (χ3n) is 6.77. The van der Waals surface area contributed by atoms with Gasteiger partial charge in [0, 0.05) is 11.5 Å². The molecule has 0 amide bonds. The minimum absolute atomic E-state index is 0.0240. The number of alkyl halides is 3. The summed E-state index contributed by atoms with van der Waals surface area (Å²) < 4.78 is 49.1. The molecule has 1 aliphatic carbocycles. The summed E-state index contributed by atoms with van der Waals surface area (Å²) in [6.45, 7) is 0.406. The Labute approximate surface area is 207 Å². The summed E-state index contributed by atoms with van der Waals surface area (Å²) in [6, 6.07) is 20.2. The number of rotatable bonds is 6. The van der Waals surface area contributed by atoms with Gasteiger partial charge in [0.2, 0.25) is 0 Å². The first-order valence-corrected chi connectivity index (χ1v) is 11.8. The zero-order valence-corrected chi connectivity index (χ0v) is 19.7. The highest BCUT2D eigenvalue weighted by Crippen LogP contribution is 2.43. The first-order valence-electron chi connectivity index (χ1n) is 11.8. The highest BCUT2D eigenvalue weighted by molar-refractivity contribution is 6.05. The summed E-state index contributed by atoms with van der Waals surface area (Å²) >= 11 is 0. The highest BCUT2D eigenvalue weighted by Gasteiger charge is 2.41. The van der Waals surface area contributed by atoms with E-state index in [1.807, 2.05) is 41.4 Å². The Morgan fingerprint density at radius 3 is 2.44 bits per heavy atom. The number of carbonyl (C=O) groups is 1. The molecule has 0 unspecified atom stereocenters. The SMILES string of the molecule is COc1ccc([C@@H]2[C@H]3CCc4ccccc4C3=NN2CCOC(=O)c2ccc(C(F)(F)F)cc2)cc1. The molecule has 1 aliphatic heterocycles. The molecule has 3 aromatic carbocycles. The predicted molar refractivity (Wildman–Crippen MR) is 129 cm³/mol. The average Bonchev–Trinajstić information content (AvgIpc) is 3.27. The Balaban J connectivity index is 1.33. The molecule has 0 radical (unpaired) electrons. The summed E-state index contributed by atoms with van der Waals surface area (Å²) in [7, 11) is 1.63. The van der Waals surface area contributed by atoms with E-state index in [9.17, 15) is 18.0 Å². The highest BCUT2D eigenvalue weighted by atomic mass is 19.4. The van der Waals surface area contributed by atoms with Gasteiger partial charge in [-0.25, -0.2) is 4.79 Å². The molecule has 2 atom stereocenters. The van der Waals surface area contributed by atoms with Crippen LogP contribution in [0.2, 0.25) is 0 Å². The maximum atomic E-state index is 12.8. The smallest absolute Gasteiger partial charge is 0.416 e. The van der Waals surface area contributed by atoms with Gasteiger partial charge in [0.15, 0.2) is 0 Å². The maximum absolute atomic E-state index is 12.8. The number of nitrogens with zero attached hydrogens (tertiary/aromatic N) is 2. The number of benzene rings is 3. The van der Waals surface area contributed by atoms with Crippen molar-refractivity contribution in [3.8, 4) is 5.75 Å². The molecule has 0 fully saturated rings. The van der Waals surface area contributed by atoms with Crippen molar-refractivity contribution in [3.63, 3.8) is 0 Å². The van der Waals surface area contributed by atoms with Crippen LogP contribution in [0.25, 0.3) is 0 Å². The maximum Gasteiger partial charge on any atom is 0.416 e. The Kier molecular flexibility index (Phi) is 6.43. The average molecular weight is 495 g/mol. The van der Waals surface area contributed by atoms with Gasteiger partial charge < -0.3 is 9.47 Å². The first-order chi connectivity index (χ1) is 17.3. The summed E-state index contributed by atoms with van der Waals surface area (Å²) in [4.78, 5) is 12.4. The molecule has 0 saturated heterocycles. The molecule has 1 heterocycles. The number of hydrogen-bond donors (Lipinski definition) is 0. The van der Waals surface area contributed by atoms with Gasteiger partial charge >= 0.3 is 12.1 Å². The van der Waals surface area contributed by atoms with E-state index in [4.69, 9.17) is 14.6 Å². The first kappa shape index (κ1) is 23.9. The molecule has 5 rings (SSSR count). The Hall–Kier alpha value is -3.81. The molecular formula is C28H25F3N2O3. The Morgan fingerprint density at radius 2 is 1.75 bits per heavy atom. The third kappa shape index (κ3) is 4.67. The minimum atomic E-state index is -4.46. The Bertz CT molecular complexity index is 1270. The molecule has 0 N–H and O–H groups in total. The van der Waals surface area contributed by atoms with E-state index in [0.29, 0.717) is 6.54 Å². The fourth-order valence-electron chi connectivity index (χ4n) is 4.98. The van der Waals surface area contributed by atoms with Crippen LogP contribution in [0.4, 0.5) is 13.2 Å². The van der Waals surface area contributed by atoms with E-state index in [2.05, 4.69) is 12.1 Å². The number of hydrazone groups is 1. The molecule has 5 nitrogen and oxygen atoms in total. The van der Waals surface area contributed by atoms with Crippen molar-refractivity contribution >= 4 is 11.7 Å². The van der Waals surface area contributed by atoms with Gasteiger partial charge in [0.1, 0.15) is 12.4 Å². The van der Waals surface area contributed by atoms with Gasteiger partial charge in [-0.15, -0.1) is 0 Å². The van der Waals surface area contributed by atoms with Gasteiger partial charge in [-0.1, -0.05) is 36.4 Å². The molecule has 186 valence electrons. The lowest BCUT2D eigenvalue weighted by atomic mass is 9.77. The second-order valence-corrected chi connectivity index (χ2v) is 8.88. The number of halogens is 3. The summed E-state index contributed by atoms with van der Waals surface area (Å²) in [5.41, 5.74) is 3.81. The van der Waals surface area contributed by atoms with Crippen molar-refractivity contribution in [2.24, 2.45) is 11.0 Å². The molecule has 3 aromatic rings. The van der Waals surface area contributed by atoms with E-state index in [1.54, 1.807) is 7.11 Å². The lowest BCUT2D eigenvalue weighted by Gasteiger charge is -2.30. The van der Waals surface area contributed by atoms with Crippen molar-refractivity contribution in [2.75, 3.05) is 20.3 Å². The van der Waals surface area contributed by atoms with E-state index >= 15 is 0 Å². The number of aryl methyl sites for hydroxylation is 1. The number of esters is 1. The van der Waals surface area contributed by atoms with Crippen molar-refractivity contribution in [1.82, 2.24) is 5.01 Å². The topological polar surface area (TPSA) is 51.1 Å². The zero-order valence-electron chi connectivity index (χ0n) is 19.7. The van der Waals surface area contributed by atoms with Crippen LogP contribution >= 0.6 is 0 Å². The van der Waals surface area contributed by atoms with Crippen molar-refractivity contribution in [3.05, 3.63) is 101 Å². The van der Waals surface area contributed by atoms with Crippen LogP contribution in [0.1, 0.15) is 45.1 Å². The summed E-state index contributed by atoms with van der Waals surface area (Å²) in [5.74, 6) is 0.294. The normalized spacial score (nSPS) is 18.8. The van der Waals surface area contributed by atoms with Crippen LogP contribution in [-0.4, -0.2) is 37.0 Å². The lowest BCUT2D eigenvalue weighted by molar-refractivity contribution is -0.137. The van der Waals surface area contributed by atoms with Crippen LogP contribution in [0.5, 0.6) is 5.75 Å². The number of fused-ring (bicyclic) bond motifs is 3. The summed E-state index contributed by atoms with van der Waals surface area (Å²) in [5, 5.41) is 6.92. The van der Waals surface area contributed by atoms with Crippen molar-refractivity contribution in [1.29, 1.82) is 0 Å². The number of hydrogen-bond acceptors (Lipinski definition) is 5. The van der Waals surface area contributed by atoms with Crippen LogP contribution in [0.15, 0.2) is 77.9 Å². The van der Waals surface area contributed by atoms with E-state index in [0.717, 1.165) is 59.7 Å². The molecule has 0 bridgehead atoms. The lowest BCUT2D eigenvalue weighted by Crippen LogP contribution is -2.30. The van der Waals surface area contributed by atoms with E-state index in [-0.39, 0.29) is 24.1 Å². The van der Waals surface area contributed by atoms with E-state index < -0.39 is 17.7 Å². The van der Waals surface area contributed by atoms with Gasteiger partial charge in [-0.2, -0.15) is 18.3 Å². The quantitative estimate of drug-likeness (QED) is 0.401. The molecule has 36 heavy (non-hydrogen) atoms. The third-order valence-corrected chi connectivity index (χ3v) is 6.77. The van der Waals surface area contributed by atoms with Crippen LogP contribution < -0.4 is 4.74 Å². The molecular weight excluding hydrogens is 469 g/mol. The fourth-order valence-corrected chi connectivity index (χ4v) is 4.98. The van der Waals surface area contributed by atoms with Gasteiger partial charge in [0.25, 0.3) is 0 Å². The number of ether oxygens (including phenoxy) is 2. The Morgan fingerprint density at radius 1 is 1.03 bits per heavy atom. The molecule has 2 aliphatic rings. The van der Waals surface area contributed by atoms with Crippen LogP contribution in [0, 0.1) is 5.92 Å².